The van der Waals surface area contributed by atoms with Crippen LogP contribution in [0.5, 0.6) is 0 Å². The SMILES string of the molecule is CCCCCCCCN1C(=O)/C(=C2/C(=O)N(Cc3ccccc3)c3ccc(Br)cc32)SC1=S. The minimum atomic E-state index is -0.146. The Labute approximate surface area is 213 Å². The molecule has 0 saturated carbocycles. The van der Waals surface area contributed by atoms with Crippen molar-refractivity contribution >= 4 is 67.3 Å². The quantitative estimate of drug-likeness (QED) is 0.195. The van der Waals surface area contributed by atoms with Gasteiger partial charge in [0.1, 0.15) is 4.32 Å². The molecule has 0 N–H and O–H groups in total. The van der Waals surface area contributed by atoms with E-state index in [0.29, 0.717) is 27.9 Å². The van der Waals surface area contributed by atoms with Crippen LogP contribution in [0.25, 0.3) is 5.57 Å². The van der Waals surface area contributed by atoms with Crippen molar-refractivity contribution in [1.29, 1.82) is 0 Å². The van der Waals surface area contributed by atoms with Gasteiger partial charge in [0.2, 0.25) is 0 Å². The largest absolute Gasteiger partial charge is 0.303 e. The number of nitrogens with zero attached hydrogens (tertiary/aromatic N) is 2. The normalized spacial score (nSPS) is 17.9. The monoisotopic (exact) mass is 542 g/mol. The number of carbonyl (C=O) groups is 2. The van der Waals surface area contributed by atoms with E-state index >= 15 is 0 Å². The number of thioether (sulfide) groups is 1. The molecule has 0 bridgehead atoms. The van der Waals surface area contributed by atoms with Crippen LogP contribution >= 0.6 is 39.9 Å². The summed E-state index contributed by atoms with van der Waals surface area (Å²) in [5.41, 5.74) is 3.11. The second kappa shape index (κ2) is 11.0. The maximum Gasteiger partial charge on any atom is 0.267 e. The van der Waals surface area contributed by atoms with Crippen molar-refractivity contribution in [3.8, 4) is 0 Å². The number of hydrogen-bond donors (Lipinski definition) is 0. The first-order chi connectivity index (χ1) is 16.0. The first kappa shape index (κ1) is 24.2. The topological polar surface area (TPSA) is 40.6 Å². The molecule has 0 radical (unpaired) electrons. The van der Waals surface area contributed by atoms with Crippen molar-refractivity contribution in [3.05, 3.63) is 69.0 Å². The predicted octanol–water partition coefficient (Wildman–Crippen LogP) is 6.93. The van der Waals surface area contributed by atoms with Crippen molar-refractivity contribution in [2.75, 3.05) is 11.4 Å². The van der Waals surface area contributed by atoms with Gasteiger partial charge >= 0.3 is 0 Å². The molecule has 2 aliphatic heterocycles. The maximum atomic E-state index is 13.6. The number of amides is 2. The molecule has 2 amide bonds. The zero-order valence-corrected chi connectivity index (χ0v) is 21.9. The Morgan fingerprint density at radius 2 is 1.64 bits per heavy atom. The summed E-state index contributed by atoms with van der Waals surface area (Å²) in [7, 11) is 0. The van der Waals surface area contributed by atoms with Gasteiger partial charge in [0.15, 0.2) is 0 Å². The zero-order valence-electron chi connectivity index (χ0n) is 18.7. The number of thiocarbonyl (C=S) groups is 1. The molecule has 1 saturated heterocycles. The van der Waals surface area contributed by atoms with E-state index in [1.165, 1.54) is 37.4 Å². The highest BCUT2D eigenvalue weighted by molar-refractivity contribution is 9.10. The molecule has 2 aliphatic rings. The van der Waals surface area contributed by atoms with Crippen molar-refractivity contribution in [1.82, 2.24) is 4.90 Å². The molecule has 0 aliphatic carbocycles. The molecule has 172 valence electrons. The average Bonchev–Trinajstić information content (AvgIpc) is 3.23. The smallest absolute Gasteiger partial charge is 0.267 e. The average molecular weight is 544 g/mol. The van der Waals surface area contributed by atoms with Gasteiger partial charge in [-0.1, -0.05) is 109 Å². The molecule has 2 aromatic carbocycles. The summed E-state index contributed by atoms with van der Waals surface area (Å²) in [6.07, 6.45) is 6.89. The second-order valence-corrected chi connectivity index (χ2v) is 10.9. The van der Waals surface area contributed by atoms with Crippen LogP contribution in [0.15, 0.2) is 57.9 Å². The van der Waals surface area contributed by atoms with E-state index in [1.807, 2.05) is 48.5 Å². The van der Waals surface area contributed by atoms with Crippen LogP contribution in [-0.4, -0.2) is 27.6 Å². The van der Waals surface area contributed by atoms with Crippen molar-refractivity contribution < 1.29 is 9.59 Å². The van der Waals surface area contributed by atoms with E-state index in [0.717, 1.165) is 34.1 Å². The van der Waals surface area contributed by atoms with E-state index < -0.39 is 0 Å². The third-order valence-corrected chi connectivity index (χ3v) is 7.91. The molecule has 0 unspecified atom stereocenters. The van der Waals surface area contributed by atoms with Crippen LogP contribution in [0.4, 0.5) is 5.69 Å². The molecule has 1 fully saturated rings. The first-order valence-electron chi connectivity index (χ1n) is 11.4. The lowest BCUT2D eigenvalue weighted by atomic mass is 10.1. The van der Waals surface area contributed by atoms with E-state index in [2.05, 4.69) is 22.9 Å². The Balaban J connectivity index is 1.59. The molecule has 2 aromatic rings. The van der Waals surface area contributed by atoms with Gasteiger partial charge in [0.25, 0.3) is 11.8 Å². The molecule has 4 nitrogen and oxygen atoms in total. The summed E-state index contributed by atoms with van der Waals surface area (Å²) in [6, 6.07) is 15.7. The fourth-order valence-corrected chi connectivity index (χ4v) is 5.98. The Morgan fingerprint density at radius 3 is 2.39 bits per heavy atom. The van der Waals surface area contributed by atoms with Gasteiger partial charge in [0.05, 0.1) is 22.7 Å². The lowest BCUT2D eigenvalue weighted by molar-refractivity contribution is -0.122. The number of benzene rings is 2. The van der Waals surface area contributed by atoms with Crippen LogP contribution < -0.4 is 4.90 Å². The number of rotatable bonds is 9. The highest BCUT2D eigenvalue weighted by Crippen LogP contribution is 2.46. The van der Waals surface area contributed by atoms with Crippen molar-refractivity contribution in [3.63, 3.8) is 0 Å². The lowest BCUT2D eigenvalue weighted by Crippen LogP contribution is -2.30. The molecule has 0 aromatic heterocycles. The second-order valence-electron chi connectivity index (χ2n) is 8.34. The zero-order chi connectivity index (χ0) is 23.4. The van der Waals surface area contributed by atoms with Gasteiger partial charge in [-0.25, -0.2) is 0 Å². The number of hydrogen-bond acceptors (Lipinski definition) is 4. The fraction of sp³-hybridized carbons (Fsp3) is 0.346. The van der Waals surface area contributed by atoms with Gasteiger partial charge in [-0.05, 0) is 30.2 Å². The summed E-state index contributed by atoms with van der Waals surface area (Å²) >= 11 is 10.3. The number of fused-ring (bicyclic) bond motifs is 1. The summed E-state index contributed by atoms with van der Waals surface area (Å²) in [5, 5.41) is 0. The van der Waals surface area contributed by atoms with Gasteiger partial charge in [-0.2, -0.15) is 0 Å². The molecule has 0 spiro atoms. The Morgan fingerprint density at radius 1 is 0.909 bits per heavy atom. The molecular weight excluding hydrogens is 516 g/mol. The number of anilines is 1. The Hall–Kier alpha value is -1.96. The fourth-order valence-electron chi connectivity index (χ4n) is 4.24. The minimum Gasteiger partial charge on any atom is -0.303 e. The third-order valence-electron chi connectivity index (χ3n) is 5.97. The van der Waals surface area contributed by atoms with Crippen LogP contribution in [0.2, 0.25) is 0 Å². The van der Waals surface area contributed by atoms with Gasteiger partial charge in [0, 0.05) is 16.6 Å². The molecule has 33 heavy (non-hydrogen) atoms. The van der Waals surface area contributed by atoms with Crippen LogP contribution in [0.3, 0.4) is 0 Å². The van der Waals surface area contributed by atoms with Crippen molar-refractivity contribution in [2.24, 2.45) is 0 Å². The molecule has 4 rings (SSSR count). The summed E-state index contributed by atoms with van der Waals surface area (Å²) in [4.78, 5) is 30.8. The predicted molar refractivity (Wildman–Crippen MR) is 144 cm³/mol. The van der Waals surface area contributed by atoms with Gasteiger partial charge in [-0.15, -0.1) is 0 Å². The summed E-state index contributed by atoms with van der Waals surface area (Å²) in [5.74, 6) is -0.290. The van der Waals surface area contributed by atoms with Crippen LogP contribution in [-0.2, 0) is 16.1 Å². The van der Waals surface area contributed by atoms with E-state index in [9.17, 15) is 9.59 Å². The van der Waals surface area contributed by atoms with E-state index in [-0.39, 0.29) is 11.8 Å². The first-order valence-corrected chi connectivity index (χ1v) is 13.5. The van der Waals surface area contributed by atoms with Crippen LogP contribution in [0.1, 0.15) is 56.6 Å². The van der Waals surface area contributed by atoms with Crippen molar-refractivity contribution in [2.45, 2.75) is 52.0 Å². The maximum absolute atomic E-state index is 13.6. The molecule has 2 heterocycles. The number of halogens is 1. The molecule has 7 heteroatoms. The number of unbranched alkanes of at least 4 members (excludes halogenated alkanes) is 5. The third kappa shape index (κ3) is 5.26. The van der Waals surface area contributed by atoms with E-state index in [4.69, 9.17) is 12.2 Å². The van der Waals surface area contributed by atoms with Crippen LogP contribution in [0, 0.1) is 0 Å². The summed E-state index contributed by atoms with van der Waals surface area (Å²) in [6.45, 7) is 3.27. The molecular formula is C26H27BrN2O2S2. The summed E-state index contributed by atoms with van der Waals surface area (Å²) < 4.78 is 1.41. The highest BCUT2D eigenvalue weighted by atomic mass is 79.9. The van der Waals surface area contributed by atoms with Gasteiger partial charge in [-0.3, -0.25) is 14.5 Å². The Bertz CT molecular complexity index is 1100. The molecule has 0 atom stereocenters. The highest BCUT2D eigenvalue weighted by Gasteiger charge is 2.41. The minimum absolute atomic E-state index is 0.144. The lowest BCUT2D eigenvalue weighted by Gasteiger charge is -2.17. The van der Waals surface area contributed by atoms with E-state index in [1.54, 1.807) is 9.80 Å². The van der Waals surface area contributed by atoms with Gasteiger partial charge < -0.3 is 4.90 Å². The Kier molecular flexibility index (Phi) is 8.04. The number of carbonyl (C=O) groups excluding carboxylic acids is 2. The standard InChI is InChI=1S/C26H27BrN2O2S2/c1-2-3-4-5-6-10-15-28-25(31)23(33-26(28)32)22-20-16-19(27)13-14-21(20)29(24(22)30)17-18-11-8-7-9-12-18/h7-9,11-14,16H,2-6,10,15,17H2,1H3/b23-22-.